The fourth-order valence-corrected chi connectivity index (χ4v) is 2.13. The van der Waals surface area contributed by atoms with Crippen LogP contribution in [0.4, 0.5) is 5.69 Å². The average Bonchev–Trinajstić information content (AvgIpc) is 3.16. The van der Waals surface area contributed by atoms with Crippen molar-refractivity contribution in [3.05, 3.63) is 59.7 Å². The molecule has 2 heterocycles. The number of H-pyrrole nitrogens is 2. The SMILES string of the molecule is Cc1cnc(-c2ccccc2NC(=O)c2c[nH]c(C#N)c2)[nH]1. The molecule has 0 saturated heterocycles. The van der Waals surface area contributed by atoms with Crippen LogP contribution >= 0.6 is 0 Å². The molecule has 22 heavy (non-hydrogen) atoms. The Morgan fingerprint density at radius 3 is 2.86 bits per heavy atom. The highest BCUT2D eigenvalue weighted by Crippen LogP contribution is 2.25. The second-order valence-electron chi connectivity index (χ2n) is 4.83. The number of hydrogen-bond donors (Lipinski definition) is 3. The number of nitrogens with zero attached hydrogens (tertiary/aromatic N) is 2. The van der Waals surface area contributed by atoms with Crippen LogP contribution in [-0.2, 0) is 0 Å². The third-order valence-electron chi connectivity index (χ3n) is 3.20. The summed E-state index contributed by atoms with van der Waals surface area (Å²) in [6.07, 6.45) is 3.24. The number of aromatic amines is 2. The largest absolute Gasteiger partial charge is 0.352 e. The summed E-state index contributed by atoms with van der Waals surface area (Å²) in [6, 6.07) is 10.9. The van der Waals surface area contributed by atoms with Gasteiger partial charge < -0.3 is 15.3 Å². The van der Waals surface area contributed by atoms with Crippen LogP contribution in [0.25, 0.3) is 11.4 Å². The van der Waals surface area contributed by atoms with Crippen molar-refractivity contribution in [3.8, 4) is 17.5 Å². The lowest BCUT2D eigenvalue weighted by Crippen LogP contribution is -2.11. The first-order chi connectivity index (χ1) is 10.7. The minimum absolute atomic E-state index is 0.284. The Bertz CT molecular complexity index is 869. The number of imidazole rings is 1. The topological polar surface area (TPSA) is 97.4 Å². The van der Waals surface area contributed by atoms with Gasteiger partial charge in [-0.2, -0.15) is 5.26 Å². The molecule has 0 atom stereocenters. The van der Waals surface area contributed by atoms with Crippen LogP contribution in [-0.4, -0.2) is 20.9 Å². The fraction of sp³-hybridized carbons (Fsp3) is 0.0625. The Morgan fingerprint density at radius 1 is 1.36 bits per heavy atom. The normalized spacial score (nSPS) is 10.2. The van der Waals surface area contributed by atoms with E-state index in [4.69, 9.17) is 5.26 Å². The first-order valence-corrected chi connectivity index (χ1v) is 6.68. The number of nitriles is 1. The standard InChI is InChI=1S/C16H13N5O/c1-10-8-19-15(20-10)13-4-2-3-5-14(13)21-16(22)11-6-12(7-17)18-9-11/h2-6,8-9,18H,1H3,(H,19,20)(H,21,22). The van der Waals surface area contributed by atoms with Crippen molar-refractivity contribution in [3.63, 3.8) is 0 Å². The fourth-order valence-electron chi connectivity index (χ4n) is 2.13. The van der Waals surface area contributed by atoms with E-state index in [9.17, 15) is 4.79 Å². The Morgan fingerprint density at radius 2 is 2.18 bits per heavy atom. The number of rotatable bonds is 3. The van der Waals surface area contributed by atoms with E-state index >= 15 is 0 Å². The van der Waals surface area contributed by atoms with Crippen molar-refractivity contribution in [1.82, 2.24) is 15.0 Å². The van der Waals surface area contributed by atoms with Crippen molar-refractivity contribution in [2.24, 2.45) is 0 Å². The van der Waals surface area contributed by atoms with E-state index in [0.717, 1.165) is 11.3 Å². The molecule has 0 aliphatic carbocycles. The minimum atomic E-state index is -0.284. The first-order valence-electron chi connectivity index (χ1n) is 6.68. The maximum absolute atomic E-state index is 12.3. The van der Waals surface area contributed by atoms with E-state index in [1.807, 2.05) is 37.3 Å². The second kappa shape index (κ2) is 5.58. The molecule has 6 heteroatoms. The molecule has 3 rings (SSSR count). The van der Waals surface area contributed by atoms with E-state index in [2.05, 4.69) is 20.3 Å². The summed E-state index contributed by atoms with van der Waals surface area (Å²) in [6.45, 7) is 1.92. The predicted molar refractivity (Wildman–Crippen MR) is 82.2 cm³/mol. The Kier molecular flexibility index (Phi) is 3.46. The Balaban J connectivity index is 1.90. The van der Waals surface area contributed by atoms with Crippen LogP contribution in [0.2, 0.25) is 0 Å². The van der Waals surface area contributed by atoms with Gasteiger partial charge >= 0.3 is 0 Å². The Hall–Kier alpha value is -3.33. The van der Waals surface area contributed by atoms with E-state index < -0.39 is 0 Å². The Labute approximate surface area is 126 Å². The molecular weight excluding hydrogens is 278 g/mol. The number of benzene rings is 1. The van der Waals surface area contributed by atoms with Crippen LogP contribution < -0.4 is 5.32 Å². The quantitative estimate of drug-likeness (QED) is 0.692. The number of amides is 1. The highest BCUT2D eigenvalue weighted by atomic mass is 16.1. The molecule has 0 aliphatic rings. The maximum atomic E-state index is 12.3. The molecule has 0 aliphatic heterocycles. The molecule has 0 radical (unpaired) electrons. The van der Waals surface area contributed by atoms with Gasteiger partial charge in [0.25, 0.3) is 5.91 Å². The van der Waals surface area contributed by atoms with Crippen molar-refractivity contribution in [1.29, 1.82) is 5.26 Å². The summed E-state index contributed by atoms with van der Waals surface area (Å²) < 4.78 is 0. The number of aromatic nitrogens is 3. The lowest BCUT2D eigenvalue weighted by molar-refractivity contribution is 0.102. The van der Waals surface area contributed by atoms with Crippen LogP contribution in [0.5, 0.6) is 0 Å². The van der Waals surface area contributed by atoms with Gasteiger partial charge in [0.1, 0.15) is 17.6 Å². The molecule has 1 aromatic carbocycles. The lowest BCUT2D eigenvalue weighted by atomic mass is 10.1. The molecule has 1 amide bonds. The van der Waals surface area contributed by atoms with E-state index in [-0.39, 0.29) is 5.91 Å². The van der Waals surface area contributed by atoms with Crippen molar-refractivity contribution < 1.29 is 4.79 Å². The van der Waals surface area contributed by atoms with Gasteiger partial charge in [-0.3, -0.25) is 4.79 Å². The zero-order valence-corrected chi connectivity index (χ0v) is 11.8. The number of anilines is 1. The first kappa shape index (κ1) is 13.6. The zero-order valence-electron chi connectivity index (χ0n) is 11.8. The van der Waals surface area contributed by atoms with Gasteiger partial charge in [-0.25, -0.2) is 4.98 Å². The van der Waals surface area contributed by atoms with E-state index in [0.29, 0.717) is 22.8 Å². The molecule has 3 aromatic rings. The van der Waals surface area contributed by atoms with Gasteiger partial charge in [-0.05, 0) is 25.1 Å². The van der Waals surface area contributed by atoms with Crippen LogP contribution in [0.3, 0.4) is 0 Å². The molecule has 3 N–H and O–H groups in total. The highest BCUT2D eigenvalue weighted by molar-refractivity contribution is 6.06. The number of para-hydroxylation sites is 1. The molecule has 0 fully saturated rings. The summed E-state index contributed by atoms with van der Waals surface area (Å²) in [5, 5.41) is 11.6. The van der Waals surface area contributed by atoms with Crippen molar-refractivity contribution in [2.75, 3.05) is 5.32 Å². The minimum Gasteiger partial charge on any atom is -0.352 e. The molecule has 0 spiro atoms. The maximum Gasteiger partial charge on any atom is 0.257 e. The van der Waals surface area contributed by atoms with Crippen LogP contribution in [0.15, 0.2) is 42.7 Å². The van der Waals surface area contributed by atoms with Gasteiger partial charge in [-0.1, -0.05) is 12.1 Å². The zero-order chi connectivity index (χ0) is 15.5. The summed E-state index contributed by atoms with van der Waals surface area (Å²) >= 11 is 0. The van der Waals surface area contributed by atoms with Gasteiger partial charge in [0.2, 0.25) is 0 Å². The molecular formula is C16H13N5O. The van der Waals surface area contributed by atoms with E-state index in [1.165, 1.54) is 12.3 Å². The monoisotopic (exact) mass is 291 g/mol. The number of nitrogens with one attached hydrogen (secondary N) is 3. The van der Waals surface area contributed by atoms with Crippen LogP contribution in [0, 0.1) is 18.3 Å². The van der Waals surface area contributed by atoms with Crippen molar-refractivity contribution in [2.45, 2.75) is 6.92 Å². The smallest absolute Gasteiger partial charge is 0.257 e. The van der Waals surface area contributed by atoms with Gasteiger partial charge in [0, 0.05) is 23.7 Å². The van der Waals surface area contributed by atoms with Crippen LogP contribution in [0.1, 0.15) is 21.7 Å². The third-order valence-corrected chi connectivity index (χ3v) is 3.20. The number of carbonyl (C=O) groups excluding carboxylic acids is 1. The average molecular weight is 291 g/mol. The third kappa shape index (κ3) is 2.60. The molecule has 0 unspecified atom stereocenters. The van der Waals surface area contributed by atoms with E-state index in [1.54, 1.807) is 6.20 Å². The van der Waals surface area contributed by atoms with Gasteiger partial charge in [-0.15, -0.1) is 0 Å². The summed E-state index contributed by atoms with van der Waals surface area (Å²) in [5.41, 5.74) is 3.16. The molecule has 0 bridgehead atoms. The summed E-state index contributed by atoms with van der Waals surface area (Å²) in [4.78, 5) is 22.4. The lowest BCUT2D eigenvalue weighted by Gasteiger charge is -2.08. The van der Waals surface area contributed by atoms with Gasteiger partial charge in [0.05, 0.1) is 11.3 Å². The second-order valence-corrected chi connectivity index (χ2v) is 4.83. The molecule has 108 valence electrons. The van der Waals surface area contributed by atoms with Gasteiger partial charge in [0.15, 0.2) is 0 Å². The number of carbonyl (C=O) groups is 1. The number of aryl methyl sites for hydroxylation is 1. The molecule has 2 aromatic heterocycles. The van der Waals surface area contributed by atoms with Crippen molar-refractivity contribution >= 4 is 11.6 Å². The summed E-state index contributed by atoms with van der Waals surface area (Å²) in [5.74, 6) is 0.411. The predicted octanol–water partition coefficient (Wildman–Crippen LogP) is 2.84. The number of hydrogen-bond acceptors (Lipinski definition) is 3. The highest BCUT2D eigenvalue weighted by Gasteiger charge is 2.13. The molecule has 6 nitrogen and oxygen atoms in total. The summed E-state index contributed by atoms with van der Waals surface area (Å²) in [7, 11) is 0. The molecule has 0 saturated carbocycles.